The third kappa shape index (κ3) is 9.66. The minimum absolute atomic E-state index is 0.213. The molecule has 0 radical (unpaired) electrons. The summed E-state index contributed by atoms with van der Waals surface area (Å²) >= 11 is 0. The van der Waals surface area contributed by atoms with E-state index in [1.54, 1.807) is 0 Å². The second kappa shape index (κ2) is 4.52. The Morgan fingerprint density at radius 3 is 2.36 bits per heavy atom. The summed E-state index contributed by atoms with van der Waals surface area (Å²) in [5, 5.41) is 0. The SMILES string of the molecule is CC(C)=CCOCC(C)(C)N. The highest BCUT2D eigenvalue weighted by Crippen LogP contribution is 1.97. The van der Waals surface area contributed by atoms with Gasteiger partial charge in [-0.15, -0.1) is 0 Å². The first-order valence-electron chi connectivity index (χ1n) is 3.92. The van der Waals surface area contributed by atoms with Gasteiger partial charge in [0.2, 0.25) is 0 Å². The van der Waals surface area contributed by atoms with Crippen LogP contribution in [0.4, 0.5) is 0 Å². The first-order chi connectivity index (χ1) is 4.92. The highest BCUT2D eigenvalue weighted by atomic mass is 16.5. The lowest BCUT2D eigenvalue weighted by atomic mass is 10.1. The van der Waals surface area contributed by atoms with Gasteiger partial charge in [-0.3, -0.25) is 0 Å². The first kappa shape index (κ1) is 10.7. The first-order valence-corrected chi connectivity index (χ1v) is 3.92. The zero-order valence-corrected chi connectivity index (χ0v) is 7.98. The minimum Gasteiger partial charge on any atom is -0.376 e. The monoisotopic (exact) mass is 157 g/mol. The van der Waals surface area contributed by atoms with Gasteiger partial charge in [-0.1, -0.05) is 11.6 Å². The fraction of sp³-hybridized carbons (Fsp3) is 0.778. The van der Waals surface area contributed by atoms with Crippen LogP contribution in [0.3, 0.4) is 0 Å². The maximum atomic E-state index is 5.71. The van der Waals surface area contributed by atoms with Crippen molar-refractivity contribution in [3.05, 3.63) is 11.6 Å². The molecule has 0 bridgehead atoms. The molecule has 0 aromatic heterocycles. The number of allylic oxidation sites excluding steroid dienone is 1. The fourth-order valence-corrected chi connectivity index (χ4v) is 0.548. The lowest BCUT2D eigenvalue weighted by Gasteiger charge is -2.17. The number of hydrogen-bond donors (Lipinski definition) is 1. The van der Waals surface area contributed by atoms with Crippen LogP contribution in [-0.2, 0) is 4.74 Å². The van der Waals surface area contributed by atoms with Crippen molar-refractivity contribution in [3.8, 4) is 0 Å². The van der Waals surface area contributed by atoms with Crippen molar-refractivity contribution in [2.45, 2.75) is 33.2 Å². The molecule has 0 saturated carbocycles. The van der Waals surface area contributed by atoms with E-state index >= 15 is 0 Å². The summed E-state index contributed by atoms with van der Waals surface area (Å²) in [5.74, 6) is 0. The second-order valence-corrected chi connectivity index (χ2v) is 3.79. The molecular weight excluding hydrogens is 138 g/mol. The number of rotatable bonds is 4. The lowest BCUT2D eigenvalue weighted by Crippen LogP contribution is -2.37. The largest absolute Gasteiger partial charge is 0.376 e. The Hall–Kier alpha value is -0.340. The zero-order chi connectivity index (χ0) is 8.91. The standard InChI is InChI=1S/C9H19NO/c1-8(2)5-6-11-7-9(3,4)10/h5H,6-7,10H2,1-4H3. The van der Waals surface area contributed by atoms with Crippen LogP contribution in [0.25, 0.3) is 0 Å². The lowest BCUT2D eigenvalue weighted by molar-refractivity contribution is 0.120. The van der Waals surface area contributed by atoms with E-state index in [9.17, 15) is 0 Å². The third-order valence-electron chi connectivity index (χ3n) is 1.08. The second-order valence-electron chi connectivity index (χ2n) is 3.79. The molecule has 0 rings (SSSR count). The van der Waals surface area contributed by atoms with Crippen LogP contribution in [0.5, 0.6) is 0 Å². The van der Waals surface area contributed by atoms with Crippen LogP contribution in [0.15, 0.2) is 11.6 Å². The molecule has 0 spiro atoms. The van der Waals surface area contributed by atoms with Crippen molar-refractivity contribution >= 4 is 0 Å². The Kier molecular flexibility index (Phi) is 4.38. The molecule has 0 atom stereocenters. The molecule has 2 N–H and O–H groups in total. The summed E-state index contributed by atoms with van der Waals surface area (Å²) < 4.78 is 5.31. The Labute approximate surface area is 69.4 Å². The van der Waals surface area contributed by atoms with E-state index < -0.39 is 0 Å². The van der Waals surface area contributed by atoms with Gasteiger partial charge in [-0.2, -0.15) is 0 Å². The van der Waals surface area contributed by atoms with Gasteiger partial charge in [0.1, 0.15) is 0 Å². The van der Waals surface area contributed by atoms with Gasteiger partial charge in [0.25, 0.3) is 0 Å². The van der Waals surface area contributed by atoms with Gasteiger partial charge < -0.3 is 10.5 Å². The van der Waals surface area contributed by atoms with Gasteiger partial charge in [0.05, 0.1) is 13.2 Å². The van der Waals surface area contributed by atoms with Crippen LogP contribution < -0.4 is 5.73 Å². The van der Waals surface area contributed by atoms with E-state index in [0.717, 1.165) is 0 Å². The zero-order valence-electron chi connectivity index (χ0n) is 7.98. The Balaban J connectivity index is 3.36. The maximum Gasteiger partial charge on any atom is 0.0650 e. The van der Waals surface area contributed by atoms with Crippen molar-refractivity contribution in [2.24, 2.45) is 5.73 Å². The third-order valence-corrected chi connectivity index (χ3v) is 1.08. The Morgan fingerprint density at radius 1 is 1.45 bits per heavy atom. The number of nitrogens with two attached hydrogens (primary N) is 1. The van der Waals surface area contributed by atoms with Crippen molar-refractivity contribution in [2.75, 3.05) is 13.2 Å². The van der Waals surface area contributed by atoms with E-state index in [1.165, 1.54) is 5.57 Å². The molecule has 0 aromatic carbocycles. The summed E-state index contributed by atoms with van der Waals surface area (Å²) in [4.78, 5) is 0. The molecule has 2 nitrogen and oxygen atoms in total. The van der Waals surface area contributed by atoms with Gasteiger partial charge in [0, 0.05) is 5.54 Å². The molecule has 0 heterocycles. The van der Waals surface area contributed by atoms with Crippen molar-refractivity contribution < 1.29 is 4.74 Å². The van der Waals surface area contributed by atoms with E-state index in [1.807, 2.05) is 19.9 Å². The Morgan fingerprint density at radius 2 is 2.00 bits per heavy atom. The van der Waals surface area contributed by atoms with Crippen LogP contribution >= 0.6 is 0 Å². The van der Waals surface area contributed by atoms with E-state index in [2.05, 4.69) is 13.8 Å². The molecule has 66 valence electrons. The molecule has 0 unspecified atom stereocenters. The summed E-state index contributed by atoms with van der Waals surface area (Å²) in [5.41, 5.74) is 6.77. The van der Waals surface area contributed by atoms with E-state index in [4.69, 9.17) is 10.5 Å². The summed E-state index contributed by atoms with van der Waals surface area (Å²) in [6.45, 7) is 9.29. The molecule has 0 fully saturated rings. The number of hydrogen-bond acceptors (Lipinski definition) is 2. The molecule has 0 aliphatic heterocycles. The predicted octanol–water partition coefficient (Wildman–Crippen LogP) is 1.71. The Bertz CT molecular complexity index is 129. The topological polar surface area (TPSA) is 35.2 Å². The molecule has 0 aliphatic rings. The highest BCUT2D eigenvalue weighted by Gasteiger charge is 2.08. The summed E-state index contributed by atoms with van der Waals surface area (Å²) in [7, 11) is 0. The predicted molar refractivity (Wildman–Crippen MR) is 48.5 cm³/mol. The van der Waals surface area contributed by atoms with Crippen molar-refractivity contribution in [3.63, 3.8) is 0 Å². The minimum atomic E-state index is -0.213. The molecule has 0 aliphatic carbocycles. The molecule has 0 amide bonds. The van der Waals surface area contributed by atoms with Crippen LogP contribution in [0, 0.1) is 0 Å². The molecule has 2 heteroatoms. The van der Waals surface area contributed by atoms with E-state index in [-0.39, 0.29) is 5.54 Å². The van der Waals surface area contributed by atoms with E-state index in [0.29, 0.717) is 13.2 Å². The number of ether oxygens (including phenoxy) is 1. The molecular formula is C9H19NO. The van der Waals surface area contributed by atoms with Gasteiger partial charge >= 0.3 is 0 Å². The average Bonchev–Trinajstić information content (AvgIpc) is 1.78. The van der Waals surface area contributed by atoms with Crippen molar-refractivity contribution in [1.82, 2.24) is 0 Å². The van der Waals surface area contributed by atoms with Gasteiger partial charge in [-0.05, 0) is 27.7 Å². The normalized spacial score (nSPS) is 11.4. The van der Waals surface area contributed by atoms with Crippen LogP contribution in [0.1, 0.15) is 27.7 Å². The smallest absolute Gasteiger partial charge is 0.0650 e. The van der Waals surface area contributed by atoms with Crippen LogP contribution in [-0.4, -0.2) is 18.8 Å². The fourth-order valence-electron chi connectivity index (χ4n) is 0.548. The average molecular weight is 157 g/mol. The van der Waals surface area contributed by atoms with Gasteiger partial charge in [0.15, 0.2) is 0 Å². The quantitative estimate of drug-likeness (QED) is 0.498. The maximum absolute atomic E-state index is 5.71. The van der Waals surface area contributed by atoms with Crippen LogP contribution in [0.2, 0.25) is 0 Å². The molecule has 0 saturated heterocycles. The summed E-state index contributed by atoms with van der Waals surface area (Å²) in [6.07, 6.45) is 2.05. The van der Waals surface area contributed by atoms with Crippen molar-refractivity contribution in [1.29, 1.82) is 0 Å². The molecule has 11 heavy (non-hydrogen) atoms. The highest BCUT2D eigenvalue weighted by molar-refractivity contribution is 4.92. The summed E-state index contributed by atoms with van der Waals surface area (Å²) in [6, 6.07) is 0. The molecule has 0 aromatic rings. The van der Waals surface area contributed by atoms with Gasteiger partial charge in [-0.25, -0.2) is 0 Å².